The zero-order valence-corrected chi connectivity index (χ0v) is 10.2. The number of carbonyl (C=O) groups is 1. The molecule has 1 atom stereocenters. The Morgan fingerprint density at radius 3 is 2.44 bits per heavy atom. The normalized spacial score (nSPS) is 12.1. The van der Waals surface area contributed by atoms with Gasteiger partial charge in [0.2, 0.25) is 0 Å². The Morgan fingerprint density at radius 1 is 1.11 bits per heavy atom. The molecule has 1 unspecified atom stereocenters. The fraction of sp³-hybridized carbons (Fsp3) is 0.0714. The van der Waals surface area contributed by atoms with Crippen LogP contribution in [0.2, 0.25) is 0 Å². The van der Waals surface area contributed by atoms with Crippen molar-refractivity contribution in [2.75, 3.05) is 0 Å². The molecule has 0 aliphatic rings. The summed E-state index contributed by atoms with van der Waals surface area (Å²) in [6, 6.07) is 14.9. The third-order valence-electron chi connectivity index (χ3n) is 2.38. The van der Waals surface area contributed by atoms with Crippen LogP contribution in [0, 0.1) is 5.82 Å². The molecule has 18 heavy (non-hydrogen) atoms. The molecular weight excluding hydrogens is 251 g/mol. The lowest BCUT2D eigenvalue weighted by Gasteiger charge is -2.12. The van der Waals surface area contributed by atoms with Crippen LogP contribution in [0.15, 0.2) is 59.5 Å². The second-order valence-electron chi connectivity index (χ2n) is 3.70. The van der Waals surface area contributed by atoms with Gasteiger partial charge in [-0.2, -0.15) is 0 Å². The minimum absolute atomic E-state index is 0.364. The number of halogens is 1. The van der Waals surface area contributed by atoms with Gasteiger partial charge in [0.1, 0.15) is 11.1 Å². The van der Waals surface area contributed by atoms with Gasteiger partial charge in [0.05, 0.1) is 0 Å². The molecule has 0 amide bonds. The van der Waals surface area contributed by atoms with Crippen molar-refractivity contribution in [3.63, 3.8) is 0 Å². The Balaban J connectivity index is 2.25. The summed E-state index contributed by atoms with van der Waals surface area (Å²) in [5.74, 6) is -1.30. The molecule has 2 aromatic rings. The van der Waals surface area contributed by atoms with E-state index in [2.05, 4.69) is 0 Å². The third kappa shape index (κ3) is 3.11. The Bertz CT molecular complexity index is 543. The molecule has 0 heterocycles. The van der Waals surface area contributed by atoms with Gasteiger partial charge in [0, 0.05) is 4.90 Å². The van der Waals surface area contributed by atoms with Crippen molar-refractivity contribution in [1.29, 1.82) is 0 Å². The second kappa shape index (κ2) is 5.69. The number of thioether (sulfide) groups is 1. The molecule has 0 aliphatic carbocycles. The first-order valence-electron chi connectivity index (χ1n) is 5.37. The third-order valence-corrected chi connectivity index (χ3v) is 3.61. The number of benzene rings is 2. The first-order valence-corrected chi connectivity index (χ1v) is 6.25. The summed E-state index contributed by atoms with van der Waals surface area (Å²) in [6.07, 6.45) is 0. The van der Waals surface area contributed by atoms with Crippen LogP contribution in [-0.2, 0) is 4.79 Å². The first-order chi connectivity index (χ1) is 8.66. The van der Waals surface area contributed by atoms with Crippen molar-refractivity contribution in [2.24, 2.45) is 0 Å². The van der Waals surface area contributed by atoms with Gasteiger partial charge in [0.25, 0.3) is 0 Å². The lowest BCUT2D eigenvalue weighted by molar-refractivity contribution is -0.136. The molecule has 0 aromatic heterocycles. The SMILES string of the molecule is O=C(O)C(Sc1cccc(F)c1)c1ccccc1. The molecule has 2 rings (SSSR count). The zero-order valence-electron chi connectivity index (χ0n) is 9.42. The lowest BCUT2D eigenvalue weighted by atomic mass is 10.1. The zero-order chi connectivity index (χ0) is 13.0. The van der Waals surface area contributed by atoms with E-state index in [9.17, 15) is 14.3 Å². The van der Waals surface area contributed by atoms with E-state index in [4.69, 9.17) is 0 Å². The lowest BCUT2D eigenvalue weighted by Crippen LogP contribution is -2.07. The van der Waals surface area contributed by atoms with E-state index in [0.717, 1.165) is 11.8 Å². The molecule has 1 N–H and O–H groups in total. The number of rotatable bonds is 4. The largest absolute Gasteiger partial charge is 0.480 e. The van der Waals surface area contributed by atoms with Gasteiger partial charge in [-0.15, -0.1) is 11.8 Å². The first kappa shape index (κ1) is 12.6. The predicted molar refractivity (Wildman–Crippen MR) is 69.1 cm³/mol. The highest BCUT2D eigenvalue weighted by atomic mass is 32.2. The van der Waals surface area contributed by atoms with Gasteiger partial charge >= 0.3 is 5.97 Å². The maximum absolute atomic E-state index is 13.1. The van der Waals surface area contributed by atoms with E-state index in [1.807, 2.05) is 6.07 Å². The van der Waals surface area contributed by atoms with E-state index in [-0.39, 0.29) is 5.82 Å². The Kier molecular flexibility index (Phi) is 3.99. The highest BCUT2D eigenvalue weighted by molar-refractivity contribution is 8.00. The average molecular weight is 262 g/mol. The molecule has 0 fully saturated rings. The monoisotopic (exact) mass is 262 g/mol. The molecule has 0 radical (unpaired) electrons. The van der Waals surface area contributed by atoms with Crippen molar-refractivity contribution < 1.29 is 14.3 Å². The molecule has 0 bridgehead atoms. The number of aliphatic carboxylic acids is 1. The highest BCUT2D eigenvalue weighted by Crippen LogP contribution is 2.35. The molecule has 92 valence electrons. The smallest absolute Gasteiger partial charge is 0.321 e. The standard InChI is InChI=1S/C14H11FO2S/c15-11-7-4-8-12(9-11)18-13(14(16)17)10-5-2-1-3-6-10/h1-9,13H,(H,16,17). The fourth-order valence-electron chi connectivity index (χ4n) is 1.57. The van der Waals surface area contributed by atoms with Crippen LogP contribution in [-0.4, -0.2) is 11.1 Å². The summed E-state index contributed by atoms with van der Waals surface area (Å²) in [5, 5.41) is 8.51. The van der Waals surface area contributed by atoms with E-state index in [1.165, 1.54) is 12.1 Å². The maximum atomic E-state index is 13.1. The van der Waals surface area contributed by atoms with E-state index < -0.39 is 11.2 Å². The van der Waals surface area contributed by atoms with Gasteiger partial charge in [-0.25, -0.2) is 4.39 Å². The quantitative estimate of drug-likeness (QED) is 0.853. The summed E-state index contributed by atoms with van der Waals surface area (Å²) < 4.78 is 13.1. The number of carboxylic acid groups (broad SMARTS) is 1. The summed E-state index contributed by atoms with van der Waals surface area (Å²) in [5.41, 5.74) is 0.694. The maximum Gasteiger partial charge on any atom is 0.321 e. The molecule has 4 heteroatoms. The van der Waals surface area contributed by atoms with Crippen LogP contribution < -0.4 is 0 Å². The minimum atomic E-state index is -0.935. The average Bonchev–Trinajstić information content (AvgIpc) is 2.37. The van der Waals surface area contributed by atoms with Crippen LogP contribution in [0.5, 0.6) is 0 Å². The predicted octanol–water partition coefficient (Wildman–Crippen LogP) is 3.74. The number of hydrogen-bond donors (Lipinski definition) is 1. The summed E-state index contributed by atoms with van der Waals surface area (Å²) in [6.45, 7) is 0. The van der Waals surface area contributed by atoms with Gasteiger partial charge in [-0.1, -0.05) is 36.4 Å². The summed E-state index contributed by atoms with van der Waals surface area (Å²) in [4.78, 5) is 11.9. The van der Waals surface area contributed by atoms with E-state index >= 15 is 0 Å². The van der Waals surface area contributed by atoms with Gasteiger partial charge in [0.15, 0.2) is 0 Å². The van der Waals surface area contributed by atoms with E-state index in [0.29, 0.717) is 10.5 Å². The number of carboxylic acids is 1. The Hall–Kier alpha value is -1.81. The van der Waals surface area contributed by atoms with Crippen molar-refractivity contribution >= 4 is 17.7 Å². The van der Waals surface area contributed by atoms with Crippen LogP contribution in [0.1, 0.15) is 10.8 Å². The molecule has 0 aliphatic heterocycles. The molecular formula is C14H11FO2S. The molecule has 2 nitrogen and oxygen atoms in total. The van der Waals surface area contributed by atoms with Gasteiger partial charge in [-0.05, 0) is 23.8 Å². The molecule has 2 aromatic carbocycles. The second-order valence-corrected chi connectivity index (χ2v) is 4.88. The van der Waals surface area contributed by atoms with Crippen molar-refractivity contribution in [3.8, 4) is 0 Å². The molecule has 0 saturated heterocycles. The van der Waals surface area contributed by atoms with Crippen LogP contribution in [0.4, 0.5) is 4.39 Å². The molecule has 0 saturated carbocycles. The van der Waals surface area contributed by atoms with Crippen LogP contribution in [0.25, 0.3) is 0 Å². The minimum Gasteiger partial charge on any atom is -0.480 e. The van der Waals surface area contributed by atoms with Gasteiger partial charge in [-0.3, -0.25) is 4.79 Å². The topological polar surface area (TPSA) is 37.3 Å². The summed E-state index contributed by atoms with van der Waals surface area (Å²) >= 11 is 1.12. The Labute approximate surface area is 108 Å². The van der Waals surface area contributed by atoms with Crippen molar-refractivity contribution in [2.45, 2.75) is 10.1 Å². The summed E-state index contributed by atoms with van der Waals surface area (Å²) in [7, 11) is 0. The van der Waals surface area contributed by atoms with Crippen molar-refractivity contribution in [3.05, 3.63) is 66.0 Å². The molecule has 0 spiro atoms. The highest BCUT2D eigenvalue weighted by Gasteiger charge is 2.20. The number of hydrogen-bond acceptors (Lipinski definition) is 2. The fourth-order valence-corrected chi connectivity index (χ4v) is 2.57. The van der Waals surface area contributed by atoms with Crippen molar-refractivity contribution in [1.82, 2.24) is 0 Å². The van der Waals surface area contributed by atoms with Crippen LogP contribution in [0.3, 0.4) is 0 Å². The van der Waals surface area contributed by atoms with Gasteiger partial charge < -0.3 is 5.11 Å². The van der Waals surface area contributed by atoms with E-state index in [1.54, 1.807) is 36.4 Å². The van der Waals surface area contributed by atoms with Crippen LogP contribution >= 0.6 is 11.8 Å². The Morgan fingerprint density at radius 2 is 1.83 bits per heavy atom.